The third kappa shape index (κ3) is 4.88. The van der Waals surface area contributed by atoms with E-state index in [1.54, 1.807) is 0 Å². The summed E-state index contributed by atoms with van der Waals surface area (Å²) in [6, 6.07) is 6.25. The molecule has 0 spiro atoms. The maximum Gasteiger partial charge on any atom is 0.0640 e. The lowest BCUT2D eigenvalue weighted by molar-refractivity contribution is 0.610. The molecule has 1 heterocycles. The number of nitriles is 1. The van der Waals surface area contributed by atoms with Gasteiger partial charge < -0.3 is 10.6 Å². The Balaban J connectivity index is 2.81. The highest BCUT2D eigenvalue weighted by molar-refractivity contribution is 5.45. The number of anilines is 1. The molecule has 104 valence electrons. The molecule has 0 radical (unpaired) electrons. The predicted octanol–water partition coefficient (Wildman–Crippen LogP) is 2.87. The molecule has 1 aromatic heterocycles. The fourth-order valence-corrected chi connectivity index (χ4v) is 1.96. The van der Waals surface area contributed by atoms with Crippen LogP contribution in [0.3, 0.4) is 0 Å². The van der Waals surface area contributed by atoms with Crippen LogP contribution in [-0.2, 0) is 0 Å². The fourth-order valence-electron chi connectivity index (χ4n) is 1.96. The van der Waals surface area contributed by atoms with Crippen molar-refractivity contribution in [3.63, 3.8) is 0 Å². The Labute approximate surface area is 116 Å². The summed E-state index contributed by atoms with van der Waals surface area (Å²) in [7, 11) is 0. The van der Waals surface area contributed by atoms with Crippen molar-refractivity contribution >= 4 is 5.69 Å². The summed E-state index contributed by atoms with van der Waals surface area (Å²) in [4.78, 5) is 6.65. The average Bonchev–Trinajstić information content (AvgIpc) is 2.42. The molecule has 0 saturated carbocycles. The van der Waals surface area contributed by atoms with Gasteiger partial charge in [-0.05, 0) is 24.5 Å². The molecule has 0 saturated heterocycles. The van der Waals surface area contributed by atoms with E-state index in [1.165, 1.54) is 0 Å². The van der Waals surface area contributed by atoms with Gasteiger partial charge in [0.2, 0.25) is 0 Å². The normalized spacial score (nSPS) is 12.2. The third-order valence-corrected chi connectivity index (χ3v) is 3.03. The number of pyridine rings is 1. The summed E-state index contributed by atoms with van der Waals surface area (Å²) >= 11 is 0. The van der Waals surface area contributed by atoms with Gasteiger partial charge in [0.1, 0.15) is 0 Å². The number of hydrogen-bond donors (Lipinski definition) is 1. The van der Waals surface area contributed by atoms with Gasteiger partial charge in [-0.3, -0.25) is 4.98 Å². The van der Waals surface area contributed by atoms with E-state index in [9.17, 15) is 0 Å². The molecular formula is C15H24N4. The molecule has 1 aromatic rings. The van der Waals surface area contributed by atoms with Crippen LogP contribution in [0.2, 0.25) is 0 Å². The lowest BCUT2D eigenvalue weighted by atomic mass is 10.1. The first-order valence-corrected chi connectivity index (χ1v) is 6.91. The van der Waals surface area contributed by atoms with Crippen LogP contribution in [0.5, 0.6) is 0 Å². The third-order valence-electron chi connectivity index (χ3n) is 3.03. The van der Waals surface area contributed by atoms with E-state index in [1.807, 2.05) is 12.3 Å². The molecule has 0 bridgehead atoms. The van der Waals surface area contributed by atoms with E-state index in [-0.39, 0.29) is 6.04 Å². The minimum Gasteiger partial charge on any atom is -0.369 e. The van der Waals surface area contributed by atoms with Crippen LogP contribution in [0.15, 0.2) is 18.3 Å². The Kier molecular flexibility index (Phi) is 6.31. The van der Waals surface area contributed by atoms with Crippen LogP contribution in [0, 0.1) is 17.2 Å². The fraction of sp³-hybridized carbons (Fsp3) is 0.600. The van der Waals surface area contributed by atoms with Gasteiger partial charge in [0.25, 0.3) is 0 Å². The SMILES string of the molecule is CC[C@@H](N)c1ccc(N(CCC#N)CC(C)C)cn1. The van der Waals surface area contributed by atoms with Crippen molar-refractivity contribution in [2.45, 2.75) is 39.7 Å². The van der Waals surface area contributed by atoms with E-state index in [0.29, 0.717) is 12.3 Å². The smallest absolute Gasteiger partial charge is 0.0640 e. The van der Waals surface area contributed by atoms with Crippen molar-refractivity contribution in [3.8, 4) is 6.07 Å². The van der Waals surface area contributed by atoms with Crippen molar-refractivity contribution in [2.24, 2.45) is 11.7 Å². The van der Waals surface area contributed by atoms with Gasteiger partial charge in [0, 0.05) is 19.1 Å². The second kappa shape index (κ2) is 7.75. The zero-order valence-corrected chi connectivity index (χ0v) is 12.1. The number of hydrogen-bond acceptors (Lipinski definition) is 4. The minimum absolute atomic E-state index is 0.00621. The highest BCUT2D eigenvalue weighted by Crippen LogP contribution is 2.18. The van der Waals surface area contributed by atoms with E-state index in [4.69, 9.17) is 11.0 Å². The van der Waals surface area contributed by atoms with Gasteiger partial charge in [0.15, 0.2) is 0 Å². The first-order chi connectivity index (χ1) is 9.08. The van der Waals surface area contributed by atoms with Crippen molar-refractivity contribution in [1.82, 2.24) is 4.98 Å². The lowest BCUT2D eigenvalue weighted by Crippen LogP contribution is -2.28. The molecule has 19 heavy (non-hydrogen) atoms. The molecule has 0 unspecified atom stereocenters. The standard InChI is InChI=1S/C15H24N4/c1-4-14(17)15-7-6-13(10-18-15)19(9-5-8-16)11-12(2)3/h6-7,10,12,14H,4-5,9,11,17H2,1-3H3/t14-/m1/s1. The van der Waals surface area contributed by atoms with Crippen LogP contribution in [0.25, 0.3) is 0 Å². The van der Waals surface area contributed by atoms with Gasteiger partial charge >= 0.3 is 0 Å². The van der Waals surface area contributed by atoms with Gasteiger partial charge in [-0.1, -0.05) is 20.8 Å². The second-order valence-electron chi connectivity index (χ2n) is 5.20. The Morgan fingerprint density at radius 2 is 2.16 bits per heavy atom. The van der Waals surface area contributed by atoms with E-state index in [0.717, 1.165) is 30.9 Å². The Morgan fingerprint density at radius 3 is 2.63 bits per heavy atom. The summed E-state index contributed by atoms with van der Waals surface area (Å²) < 4.78 is 0. The molecule has 2 N–H and O–H groups in total. The molecule has 4 nitrogen and oxygen atoms in total. The highest BCUT2D eigenvalue weighted by Gasteiger charge is 2.10. The van der Waals surface area contributed by atoms with Gasteiger partial charge in [-0.25, -0.2) is 0 Å². The van der Waals surface area contributed by atoms with Crippen LogP contribution in [0.1, 0.15) is 45.3 Å². The second-order valence-corrected chi connectivity index (χ2v) is 5.20. The summed E-state index contributed by atoms with van der Waals surface area (Å²) in [5, 5.41) is 8.74. The minimum atomic E-state index is 0.00621. The largest absolute Gasteiger partial charge is 0.369 e. The number of nitrogens with zero attached hydrogens (tertiary/aromatic N) is 3. The Morgan fingerprint density at radius 1 is 1.42 bits per heavy atom. The molecule has 0 fully saturated rings. The average molecular weight is 260 g/mol. The van der Waals surface area contributed by atoms with Crippen molar-refractivity contribution < 1.29 is 0 Å². The first kappa shape index (κ1) is 15.5. The molecule has 0 aromatic carbocycles. The zero-order chi connectivity index (χ0) is 14.3. The predicted molar refractivity (Wildman–Crippen MR) is 78.7 cm³/mol. The molecule has 1 rings (SSSR count). The van der Waals surface area contributed by atoms with Gasteiger partial charge in [-0.2, -0.15) is 5.26 Å². The zero-order valence-electron chi connectivity index (χ0n) is 12.1. The maximum atomic E-state index is 8.74. The van der Waals surface area contributed by atoms with Crippen molar-refractivity contribution in [3.05, 3.63) is 24.0 Å². The number of aromatic nitrogens is 1. The van der Waals surface area contributed by atoms with Crippen molar-refractivity contribution in [2.75, 3.05) is 18.0 Å². The molecule has 0 aliphatic carbocycles. The quantitative estimate of drug-likeness (QED) is 0.818. The topological polar surface area (TPSA) is 65.9 Å². The highest BCUT2D eigenvalue weighted by atomic mass is 15.1. The molecule has 0 amide bonds. The molecular weight excluding hydrogens is 236 g/mol. The van der Waals surface area contributed by atoms with Gasteiger partial charge in [-0.15, -0.1) is 0 Å². The van der Waals surface area contributed by atoms with E-state index in [2.05, 4.69) is 42.8 Å². The van der Waals surface area contributed by atoms with E-state index < -0.39 is 0 Å². The number of rotatable bonds is 7. The summed E-state index contributed by atoms with van der Waals surface area (Å²) in [6.07, 6.45) is 3.28. The van der Waals surface area contributed by atoms with Crippen LogP contribution in [0.4, 0.5) is 5.69 Å². The maximum absolute atomic E-state index is 8.74. The lowest BCUT2D eigenvalue weighted by Gasteiger charge is -2.25. The van der Waals surface area contributed by atoms with Crippen LogP contribution < -0.4 is 10.6 Å². The molecule has 4 heteroatoms. The first-order valence-electron chi connectivity index (χ1n) is 6.91. The summed E-state index contributed by atoms with van der Waals surface area (Å²) in [5.41, 5.74) is 7.95. The van der Waals surface area contributed by atoms with Crippen LogP contribution >= 0.6 is 0 Å². The summed E-state index contributed by atoms with van der Waals surface area (Å²) in [6.45, 7) is 8.08. The number of nitrogens with two attached hydrogens (primary N) is 1. The summed E-state index contributed by atoms with van der Waals surface area (Å²) in [5.74, 6) is 0.552. The van der Waals surface area contributed by atoms with E-state index >= 15 is 0 Å². The monoisotopic (exact) mass is 260 g/mol. The molecule has 1 atom stereocenters. The molecule has 0 aliphatic heterocycles. The molecule has 0 aliphatic rings. The van der Waals surface area contributed by atoms with Gasteiger partial charge in [0.05, 0.1) is 30.1 Å². The van der Waals surface area contributed by atoms with Crippen molar-refractivity contribution in [1.29, 1.82) is 5.26 Å². The Hall–Kier alpha value is -1.60. The Bertz CT molecular complexity index is 405. The van der Waals surface area contributed by atoms with Crippen LogP contribution in [-0.4, -0.2) is 18.1 Å².